The van der Waals surface area contributed by atoms with Gasteiger partial charge in [0.2, 0.25) is 0 Å². The second-order valence-electron chi connectivity index (χ2n) is 2.99. The van der Waals surface area contributed by atoms with Crippen molar-refractivity contribution in [1.29, 1.82) is 0 Å². The molecule has 0 spiro atoms. The third-order valence-electron chi connectivity index (χ3n) is 2.06. The summed E-state index contributed by atoms with van der Waals surface area (Å²) in [5, 5.41) is 0.967. The average molecular weight is 188 g/mol. The number of fused-ring (bicyclic) bond motifs is 1. The Hall–Kier alpha value is -1.77. The normalized spacial score (nSPS) is 10.4. The molecule has 1 heterocycles. The highest BCUT2D eigenvalue weighted by Crippen LogP contribution is 2.27. The smallest absolute Gasteiger partial charge is 0.128 e. The van der Waals surface area contributed by atoms with Gasteiger partial charge in [-0.2, -0.15) is 0 Å². The summed E-state index contributed by atoms with van der Waals surface area (Å²) >= 11 is 0. The minimum atomic E-state index is 0.647. The van der Waals surface area contributed by atoms with Crippen molar-refractivity contribution in [3.05, 3.63) is 30.5 Å². The Morgan fingerprint density at radius 1 is 1.36 bits per heavy atom. The van der Waals surface area contributed by atoms with Gasteiger partial charge in [-0.1, -0.05) is 0 Å². The molecule has 0 saturated carbocycles. The Morgan fingerprint density at radius 2 is 2.21 bits per heavy atom. The molecule has 0 bridgehead atoms. The van der Waals surface area contributed by atoms with Crippen LogP contribution in [0.3, 0.4) is 0 Å². The highest BCUT2D eigenvalue weighted by Gasteiger charge is 2.04. The lowest BCUT2D eigenvalue weighted by molar-refractivity contribution is 0.344. The average Bonchev–Trinajstić information content (AvgIpc) is 2.23. The molecule has 0 aliphatic heterocycles. The van der Waals surface area contributed by atoms with Crippen LogP contribution in [-0.4, -0.2) is 11.6 Å². The molecule has 1 aromatic heterocycles. The van der Waals surface area contributed by atoms with E-state index in [4.69, 9.17) is 10.5 Å². The zero-order valence-corrected chi connectivity index (χ0v) is 8.03. The number of anilines is 1. The summed E-state index contributed by atoms with van der Waals surface area (Å²) < 4.78 is 5.48. The number of aromatic nitrogens is 1. The number of benzene rings is 1. The van der Waals surface area contributed by atoms with Gasteiger partial charge in [-0.15, -0.1) is 0 Å². The molecule has 2 N–H and O–H groups in total. The largest absolute Gasteiger partial charge is 0.493 e. The minimum absolute atomic E-state index is 0.647. The first kappa shape index (κ1) is 8.81. The number of nitrogen functional groups attached to an aromatic ring is 1. The van der Waals surface area contributed by atoms with Gasteiger partial charge in [0.15, 0.2) is 0 Å². The first-order valence-corrected chi connectivity index (χ1v) is 4.59. The summed E-state index contributed by atoms with van der Waals surface area (Å²) in [7, 11) is 0. The van der Waals surface area contributed by atoms with Crippen molar-refractivity contribution in [2.45, 2.75) is 6.92 Å². The number of nitrogens with two attached hydrogens (primary N) is 1. The van der Waals surface area contributed by atoms with Gasteiger partial charge in [0, 0.05) is 11.6 Å². The van der Waals surface area contributed by atoms with E-state index >= 15 is 0 Å². The number of pyridine rings is 1. The first-order valence-electron chi connectivity index (χ1n) is 4.59. The molecule has 3 heteroatoms. The zero-order valence-electron chi connectivity index (χ0n) is 8.03. The van der Waals surface area contributed by atoms with E-state index in [9.17, 15) is 0 Å². The predicted molar refractivity (Wildman–Crippen MR) is 57.3 cm³/mol. The molecule has 0 aliphatic carbocycles. The molecule has 0 saturated heterocycles. The van der Waals surface area contributed by atoms with Crippen LogP contribution in [0, 0.1) is 0 Å². The maximum atomic E-state index is 5.80. The highest BCUT2D eigenvalue weighted by molar-refractivity contribution is 5.93. The van der Waals surface area contributed by atoms with Crippen molar-refractivity contribution < 1.29 is 4.74 Å². The second-order valence-corrected chi connectivity index (χ2v) is 2.99. The first-order chi connectivity index (χ1) is 6.83. The molecular formula is C11H12N2O. The van der Waals surface area contributed by atoms with E-state index in [0.717, 1.165) is 16.7 Å². The molecule has 0 aliphatic rings. The molecule has 2 aromatic rings. The number of nitrogens with zero attached hydrogens (tertiary/aromatic N) is 1. The van der Waals surface area contributed by atoms with E-state index in [1.807, 2.05) is 31.2 Å². The van der Waals surface area contributed by atoms with Crippen LogP contribution in [-0.2, 0) is 0 Å². The third-order valence-corrected chi connectivity index (χ3v) is 2.06. The molecule has 1 aromatic carbocycles. The van der Waals surface area contributed by atoms with Crippen LogP contribution in [0.1, 0.15) is 6.92 Å². The summed E-state index contributed by atoms with van der Waals surface area (Å²) in [5.74, 6) is 0.838. The van der Waals surface area contributed by atoms with Crippen molar-refractivity contribution in [2.75, 3.05) is 12.3 Å². The molecule has 0 fully saturated rings. The predicted octanol–water partition coefficient (Wildman–Crippen LogP) is 2.22. The molecular weight excluding hydrogens is 176 g/mol. The summed E-state index contributed by atoms with van der Waals surface area (Å²) in [6, 6.07) is 7.54. The van der Waals surface area contributed by atoms with Crippen molar-refractivity contribution in [3.8, 4) is 5.75 Å². The molecule has 0 unspecified atom stereocenters. The van der Waals surface area contributed by atoms with Gasteiger partial charge in [-0.05, 0) is 31.2 Å². The highest BCUT2D eigenvalue weighted by atomic mass is 16.5. The van der Waals surface area contributed by atoms with Gasteiger partial charge in [0.05, 0.1) is 17.8 Å². The van der Waals surface area contributed by atoms with Gasteiger partial charge in [-0.3, -0.25) is 4.98 Å². The fourth-order valence-corrected chi connectivity index (χ4v) is 1.45. The Bertz CT molecular complexity index is 454. The number of ether oxygens (including phenoxy) is 1. The Balaban J connectivity index is 2.68. The molecule has 0 radical (unpaired) electrons. The van der Waals surface area contributed by atoms with Crippen molar-refractivity contribution in [1.82, 2.24) is 4.98 Å². The Morgan fingerprint density at radius 3 is 3.00 bits per heavy atom. The summed E-state index contributed by atoms with van der Waals surface area (Å²) in [6.07, 6.45) is 1.73. The van der Waals surface area contributed by atoms with Crippen LogP contribution in [0.4, 0.5) is 5.69 Å². The number of rotatable bonds is 2. The lowest BCUT2D eigenvalue weighted by atomic mass is 10.2. The Labute approximate surface area is 82.5 Å². The monoisotopic (exact) mass is 188 g/mol. The number of hydrogen-bond donors (Lipinski definition) is 1. The van der Waals surface area contributed by atoms with E-state index < -0.39 is 0 Å². The molecule has 3 nitrogen and oxygen atoms in total. The van der Waals surface area contributed by atoms with Crippen molar-refractivity contribution in [3.63, 3.8) is 0 Å². The van der Waals surface area contributed by atoms with E-state index in [2.05, 4.69) is 4.98 Å². The van der Waals surface area contributed by atoms with Crippen LogP contribution in [0.25, 0.3) is 10.9 Å². The molecule has 2 rings (SSSR count). The fourth-order valence-electron chi connectivity index (χ4n) is 1.45. The van der Waals surface area contributed by atoms with Gasteiger partial charge in [0.25, 0.3) is 0 Å². The molecule has 14 heavy (non-hydrogen) atoms. The summed E-state index contributed by atoms with van der Waals surface area (Å²) in [5.41, 5.74) is 7.29. The maximum absolute atomic E-state index is 5.80. The lowest BCUT2D eigenvalue weighted by Crippen LogP contribution is -1.95. The number of hydrogen-bond acceptors (Lipinski definition) is 3. The standard InChI is InChI=1S/C11H12N2O/c1-2-14-10-6-5-9(12)11-8(10)4-3-7-13-11/h3-7H,2,12H2,1H3. The zero-order chi connectivity index (χ0) is 9.97. The van der Waals surface area contributed by atoms with E-state index in [1.54, 1.807) is 6.20 Å². The van der Waals surface area contributed by atoms with Gasteiger partial charge >= 0.3 is 0 Å². The van der Waals surface area contributed by atoms with Crippen molar-refractivity contribution in [2.24, 2.45) is 0 Å². The van der Waals surface area contributed by atoms with Crippen LogP contribution in [0.5, 0.6) is 5.75 Å². The quantitative estimate of drug-likeness (QED) is 0.735. The van der Waals surface area contributed by atoms with Crippen LogP contribution >= 0.6 is 0 Å². The van der Waals surface area contributed by atoms with E-state index in [-0.39, 0.29) is 0 Å². The lowest BCUT2D eigenvalue weighted by Gasteiger charge is -2.07. The fraction of sp³-hybridized carbons (Fsp3) is 0.182. The Kier molecular flexibility index (Phi) is 2.23. The van der Waals surface area contributed by atoms with E-state index in [1.165, 1.54) is 0 Å². The third kappa shape index (κ3) is 1.37. The van der Waals surface area contributed by atoms with Gasteiger partial charge in [-0.25, -0.2) is 0 Å². The van der Waals surface area contributed by atoms with Crippen LogP contribution in [0.15, 0.2) is 30.5 Å². The SMILES string of the molecule is CCOc1ccc(N)c2ncccc12. The van der Waals surface area contributed by atoms with Crippen LogP contribution < -0.4 is 10.5 Å². The topological polar surface area (TPSA) is 48.1 Å². The maximum Gasteiger partial charge on any atom is 0.128 e. The van der Waals surface area contributed by atoms with Crippen molar-refractivity contribution >= 4 is 16.6 Å². The summed E-state index contributed by atoms with van der Waals surface area (Å²) in [6.45, 7) is 2.60. The van der Waals surface area contributed by atoms with Gasteiger partial charge in [0.1, 0.15) is 5.75 Å². The minimum Gasteiger partial charge on any atom is -0.493 e. The van der Waals surface area contributed by atoms with Gasteiger partial charge < -0.3 is 10.5 Å². The van der Waals surface area contributed by atoms with E-state index in [0.29, 0.717) is 12.3 Å². The molecule has 0 amide bonds. The second kappa shape index (κ2) is 3.54. The summed E-state index contributed by atoms with van der Waals surface area (Å²) in [4.78, 5) is 4.22. The molecule has 0 atom stereocenters. The molecule has 72 valence electrons. The van der Waals surface area contributed by atoms with Crippen LogP contribution in [0.2, 0.25) is 0 Å².